The summed E-state index contributed by atoms with van der Waals surface area (Å²) >= 11 is 0. The number of rotatable bonds is 6. The molecule has 6 nitrogen and oxygen atoms in total. The van der Waals surface area contributed by atoms with Gasteiger partial charge in [-0.05, 0) is 19.4 Å². The van der Waals surface area contributed by atoms with Gasteiger partial charge >= 0.3 is 0 Å². The van der Waals surface area contributed by atoms with Crippen LogP contribution in [0.25, 0.3) is 0 Å². The number of hydrogen-bond acceptors (Lipinski definition) is 6. The van der Waals surface area contributed by atoms with Crippen molar-refractivity contribution in [2.45, 2.75) is 44.8 Å². The van der Waals surface area contributed by atoms with E-state index in [0.29, 0.717) is 19.0 Å². The van der Waals surface area contributed by atoms with Gasteiger partial charge in [-0.1, -0.05) is 19.0 Å². The minimum Gasteiger partial charge on any atom is -0.389 e. The summed E-state index contributed by atoms with van der Waals surface area (Å²) in [5.74, 6) is 1.67. The van der Waals surface area contributed by atoms with E-state index < -0.39 is 6.10 Å². The highest BCUT2D eigenvalue weighted by atomic mass is 16.5. The van der Waals surface area contributed by atoms with Gasteiger partial charge in [0.2, 0.25) is 5.89 Å². The second kappa shape index (κ2) is 6.45. The molecule has 2 atom stereocenters. The first kappa shape index (κ1) is 14.4. The van der Waals surface area contributed by atoms with Gasteiger partial charge in [0, 0.05) is 19.6 Å². The molecule has 1 N–H and O–H groups in total. The maximum Gasteiger partial charge on any atom is 0.229 e. The lowest BCUT2D eigenvalue weighted by atomic mass is 10.2. The van der Waals surface area contributed by atoms with E-state index in [0.717, 1.165) is 25.2 Å². The Kier molecular flexibility index (Phi) is 4.90. The van der Waals surface area contributed by atoms with Crippen LogP contribution in [0, 0.1) is 0 Å². The van der Waals surface area contributed by atoms with Crippen LogP contribution < -0.4 is 0 Å². The lowest BCUT2D eigenvalue weighted by Gasteiger charge is -2.24. The summed E-state index contributed by atoms with van der Waals surface area (Å²) < 4.78 is 10.2. The Morgan fingerprint density at radius 1 is 1.53 bits per heavy atom. The molecule has 1 aromatic rings. The van der Waals surface area contributed by atoms with Crippen LogP contribution in [0.2, 0.25) is 0 Å². The van der Waals surface area contributed by atoms with Gasteiger partial charge in [0.05, 0.1) is 18.8 Å². The molecule has 1 aliphatic heterocycles. The number of likely N-dealkylation sites (tertiary alicyclic amines) is 1. The van der Waals surface area contributed by atoms with Gasteiger partial charge < -0.3 is 14.4 Å². The lowest BCUT2D eigenvalue weighted by molar-refractivity contribution is 0.0336. The second-order valence-corrected chi connectivity index (χ2v) is 5.41. The van der Waals surface area contributed by atoms with E-state index in [-0.39, 0.29) is 12.0 Å². The molecule has 1 aromatic heterocycles. The fourth-order valence-electron chi connectivity index (χ4n) is 2.47. The molecular weight excluding hydrogens is 246 g/mol. The van der Waals surface area contributed by atoms with Crippen molar-refractivity contribution in [3.8, 4) is 0 Å². The predicted octanol–water partition coefficient (Wildman–Crippen LogP) is 1.34. The Balaban J connectivity index is 2.01. The van der Waals surface area contributed by atoms with Gasteiger partial charge in [-0.15, -0.1) is 0 Å². The third kappa shape index (κ3) is 3.52. The van der Waals surface area contributed by atoms with E-state index in [1.54, 1.807) is 7.11 Å². The summed E-state index contributed by atoms with van der Waals surface area (Å²) in [5, 5.41) is 13.9. The van der Waals surface area contributed by atoms with Crippen molar-refractivity contribution in [2.24, 2.45) is 0 Å². The number of hydrogen-bond donors (Lipinski definition) is 1. The molecule has 0 aliphatic carbocycles. The molecule has 0 bridgehead atoms. The number of methoxy groups -OCH3 is 1. The van der Waals surface area contributed by atoms with Crippen LogP contribution >= 0.6 is 0 Å². The van der Waals surface area contributed by atoms with E-state index in [2.05, 4.69) is 15.0 Å². The largest absolute Gasteiger partial charge is 0.389 e. The number of aliphatic hydroxyl groups excluding tert-OH is 1. The highest BCUT2D eigenvalue weighted by Crippen LogP contribution is 2.30. The third-order valence-electron chi connectivity index (χ3n) is 3.42. The monoisotopic (exact) mass is 269 g/mol. The van der Waals surface area contributed by atoms with Gasteiger partial charge in [0.1, 0.15) is 0 Å². The average molecular weight is 269 g/mol. The van der Waals surface area contributed by atoms with E-state index >= 15 is 0 Å². The summed E-state index contributed by atoms with van der Waals surface area (Å²) in [6, 6.07) is 0.155. The van der Waals surface area contributed by atoms with Crippen LogP contribution in [0.3, 0.4) is 0 Å². The van der Waals surface area contributed by atoms with Crippen molar-refractivity contribution in [3.63, 3.8) is 0 Å². The Labute approximate surface area is 113 Å². The van der Waals surface area contributed by atoms with E-state index in [4.69, 9.17) is 9.26 Å². The maximum atomic E-state index is 9.84. The minimum absolute atomic E-state index is 0.155. The zero-order valence-electron chi connectivity index (χ0n) is 11.9. The fraction of sp³-hybridized carbons (Fsp3) is 0.846. The first-order chi connectivity index (χ1) is 9.11. The molecule has 0 saturated carbocycles. The molecule has 108 valence electrons. The maximum absolute atomic E-state index is 9.84. The van der Waals surface area contributed by atoms with E-state index in [9.17, 15) is 5.11 Å². The standard InChI is InChI=1S/C13H23N3O3/c1-9(2)13-14-12(15-19-13)11-5-4-6-16(11)7-10(17)8-18-3/h9-11,17H,4-8H2,1-3H3. The van der Waals surface area contributed by atoms with E-state index in [1.807, 2.05) is 13.8 Å². The number of aromatic nitrogens is 2. The number of ether oxygens (including phenoxy) is 1. The van der Waals surface area contributed by atoms with Gasteiger partial charge in [0.25, 0.3) is 0 Å². The van der Waals surface area contributed by atoms with Crippen LogP contribution in [-0.4, -0.2) is 53.1 Å². The molecular formula is C13H23N3O3. The molecule has 19 heavy (non-hydrogen) atoms. The van der Waals surface area contributed by atoms with Crippen LogP contribution in [0.1, 0.15) is 50.4 Å². The zero-order valence-corrected chi connectivity index (χ0v) is 11.9. The minimum atomic E-state index is -0.470. The Morgan fingerprint density at radius 2 is 2.32 bits per heavy atom. The number of β-amino-alcohol motifs (C(OH)–C–C–N with tert-alkyl or cyclic N) is 1. The third-order valence-corrected chi connectivity index (χ3v) is 3.42. The smallest absolute Gasteiger partial charge is 0.229 e. The topological polar surface area (TPSA) is 71.6 Å². The van der Waals surface area contributed by atoms with Crippen molar-refractivity contribution in [1.29, 1.82) is 0 Å². The molecule has 2 unspecified atom stereocenters. The van der Waals surface area contributed by atoms with E-state index in [1.165, 1.54) is 0 Å². The summed E-state index contributed by atoms with van der Waals surface area (Å²) in [6.07, 6.45) is 1.63. The number of aliphatic hydroxyl groups is 1. The Morgan fingerprint density at radius 3 is 2.95 bits per heavy atom. The molecule has 1 aliphatic rings. The first-order valence-corrected chi connectivity index (χ1v) is 6.86. The van der Waals surface area contributed by atoms with Crippen molar-refractivity contribution in [1.82, 2.24) is 15.0 Å². The van der Waals surface area contributed by atoms with Gasteiger partial charge in [-0.3, -0.25) is 4.90 Å². The van der Waals surface area contributed by atoms with Crippen LogP contribution in [0.4, 0.5) is 0 Å². The average Bonchev–Trinajstić information content (AvgIpc) is 2.96. The number of nitrogens with zero attached hydrogens (tertiary/aromatic N) is 3. The Hall–Kier alpha value is -0.980. The molecule has 0 aromatic carbocycles. The highest BCUT2D eigenvalue weighted by molar-refractivity contribution is 5.00. The van der Waals surface area contributed by atoms with Crippen LogP contribution in [0.5, 0.6) is 0 Å². The Bertz CT molecular complexity index is 394. The van der Waals surface area contributed by atoms with Crippen molar-refractivity contribution >= 4 is 0 Å². The van der Waals surface area contributed by atoms with Crippen molar-refractivity contribution < 1.29 is 14.4 Å². The molecule has 6 heteroatoms. The SMILES string of the molecule is COCC(O)CN1CCCC1c1noc(C(C)C)n1. The summed E-state index contributed by atoms with van der Waals surface area (Å²) in [7, 11) is 1.60. The normalized spacial score (nSPS) is 22.3. The van der Waals surface area contributed by atoms with Gasteiger partial charge in [-0.2, -0.15) is 4.98 Å². The molecule has 1 fully saturated rings. The molecule has 0 radical (unpaired) electrons. The van der Waals surface area contributed by atoms with Crippen LogP contribution in [0.15, 0.2) is 4.52 Å². The van der Waals surface area contributed by atoms with Crippen molar-refractivity contribution in [2.75, 3.05) is 26.8 Å². The second-order valence-electron chi connectivity index (χ2n) is 5.41. The highest BCUT2D eigenvalue weighted by Gasteiger charge is 2.31. The van der Waals surface area contributed by atoms with Gasteiger partial charge in [0.15, 0.2) is 5.82 Å². The molecule has 2 rings (SSSR count). The molecule has 0 spiro atoms. The summed E-state index contributed by atoms with van der Waals surface area (Å²) in [4.78, 5) is 6.67. The summed E-state index contributed by atoms with van der Waals surface area (Å²) in [5.41, 5.74) is 0. The predicted molar refractivity (Wildman–Crippen MR) is 69.8 cm³/mol. The quantitative estimate of drug-likeness (QED) is 0.840. The fourth-order valence-corrected chi connectivity index (χ4v) is 2.47. The molecule has 2 heterocycles. The van der Waals surface area contributed by atoms with Crippen molar-refractivity contribution in [3.05, 3.63) is 11.7 Å². The first-order valence-electron chi connectivity index (χ1n) is 6.86. The zero-order chi connectivity index (χ0) is 13.8. The van der Waals surface area contributed by atoms with Gasteiger partial charge in [-0.25, -0.2) is 0 Å². The lowest BCUT2D eigenvalue weighted by Crippen LogP contribution is -2.34. The summed E-state index contributed by atoms with van der Waals surface area (Å²) in [6.45, 7) is 5.96. The molecule has 0 amide bonds. The molecule has 1 saturated heterocycles. The van der Waals surface area contributed by atoms with Crippen LogP contribution in [-0.2, 0) is 4.74 Å².